The van der Waals surface area contributed by atoms with Crippen LogP contribution in [0.15, 0.2) is 47.5 Å². The monoisotopic (exact) mass is 375 g/mol. The molecule has 140 valence electrons. The number of rotatable bonds is 6. The molecule has 0 bridgehead atoms. The molecule has 0 aliphatic carbocycles. The van der Waals surface area contributed by atoms with Gasteiger partial charge in [0.2, 0.25) is 0 Å². The number of nitrogens with zero attached hydrogens (tertiary/aromatic N) is 2. The molecule has 1 unspecified atom stereocenters. The molecule has 0 fully saturated rings. The molecule has 2 rings (SSSR count). The fourth-order valence-electron chi connectivity index (χ4n) is 2.68. The van der Waals surface area contributed by atoms with Gasteiger partial charge in [0, 0.05) is 31.7 Å². The average molecular weight is 375 g/mol. The maximum Gasteiger partial charge on any atom is 0.317 e. The third kappa shape index (κ3) is 5.29. The fourth-order valence-corrected chi connectivity index (χ4v) is 3.31. The Bertz CT molecular complexity index is 864. The molecule has 26 heavy (non-hydrogen) atoms. The summed E-state index contributed by atoms with van der Waals surface area (Å²) in [6.45, 7) is 4.37. The molecule has 1 N–H and O–H groups in total. The largest absolute Gasteiger partial charge is 0.331 e. The molecule has 0 saturated carbocycles. The second-order valence-corrected chi connectivity index (χ2v) is 8.43. The highest BCUT2D eigenvalue weighted by molar-refractivity contribution is 7.90. The number of aromatic nitrogens is 1. The van der Waals surface area contributed by atoms with E-state index in [1.165, 1.54) is 6.26 Å². The van der Waals surface area contributed by atoms with E-state index in [1.54, 1.807) is 42.4 Å². The van der Waals surface area contributed by atoms with Gasteiger partial charge >= 0.3 is 6.03 Å². The molecule has 7 heteroatoms. The highest BCUT2D eigenvalue weighted by Gasteiger charge is 2.17. The number of sulfone groups is 1. The van der Waals surface area contributed by atoms with Gasteiger partial charge in [0.05, 0.1) is 10.9 Å². The Morgan fingerprint density at radius 1 is 1.23 bits per heavy atom. The zero-order chi connectivity index (χ0) is 19.3. The summed E-state index contributed by atoms with van der Waals surface area (Å²) in [5.41, 5.74) is 2.80. The quantitative estimate of drug-likeness (QED) is 0.841. The summed E-state index contributed by atoms with van der Waals surface area (Å²) < 4.78 is 23.1. The molecular weight excluding hydrogens is 350 g/mol. The van der Waals surface area contributed by atoms with E-state index in [2.05, 4.69) is 10.3 Å². The molecule has 6 nitrogen and oxygen atoms in total. The highest BCUT2D eigenvalue weighted by atomic mass is 32.2. The van der Waals surface area contributed by atoms with Crippen molar-refractivity contribution in [1.29, 1.82) is 0 Å². The smallest absolute Gasteiger partial charge is 0.317 e. The minimum Gasteiger partial charge on any atom is -0.331 e. The normalized spacial score (nSPS) is 12.5. The van der Waals surface area contributed by atoms with Crippen molar-refractivity contribution in [3.63, 3.8) is 0 Å². The van der Waals surface area contributed by atoms with Crippen LogP contribution in [0.25, 0.3) is 0 Å². The number of hydrogen-bond donors (Lipinski definition) is 1. The number of aryl methyl sites for hydroxylation is 1. The van der Waals surface area contributed by atoms with E-state index >= 15 is 0 Å². The molecule has 0 saturated heterocycles. The Morgan fingerprint density at radius 2 is 1.88 bits per heavy atom. The lowest BCUT2D eigenvalue weighted by molar-refractivity contribution is 0.202. The van der Waals surface area contributed by atoms with Crippen LogP contribution in [0, 0.1) is 6.92 Å². The summed E-state index contributed by atoms with van der Waals surface area (Å²) in [5.74, 6) is 0. The minimum atomic E-state index is -3.23. The number of hydrogen-bond acceptors (Lipinski definition) is 4. The molecule has 1 atom stereocenters. The lowest BCUT2D eigenvalue weighted by Crippen LogP contribution is -2.38. The molecular formula is C19H25N3O3S. The van der Waals surface area contributed by atoms with Crippen molar-refractivity contribution >= 4 is 15.9 Å². The molecule has 0 spiro atoms. The van der Waals surface area contributed by atoms with Gasteiger partial charge in [-0.3, -0.25) is 4.98 Å². The molecule has 0 radical (unpaired) electrons. The highest BCUT2D eigenvalue weighted by Crippen LogP contribution is 2.19. The van der Waals surface area contributed by atoms with Crippen molar-refractivity contribution in [1.82, 2.24) is 15.2 Å². The van der Waals surface area contributed by atoms with Gasteiger partial charge in [-0.05, 0) is 48.7 Å². The Kier molecular flexibility index (Phi) is 6.37. The summed E-state index contributed by atoms with van der Waals surface area (Å²) in [6, 6.07) is 10.1. The number of benzene rings is 1. The van der Waals surface area contributed by atoms with Gasteiger partial charge in [-0.25, -0.2) is 13.2 Å². The molecule has 0 aliphatic rings. The van der Waals surface area contributed by atoms with Gasteiger partial charge in [-0.2, -0.15) is 0 Å². The van der Waals surface area contributed by atoms with Gasteiger partial charge in [0.25, 0.3) is 0 Å². The number of amides is 2. The first-order chi connectivity index (χ1) is 12.2. The molecule has 1 heterocycles. The van der Waals surface area contributed by atoms with E-state index in [4.69, 9.17) is 0 Å². The second kappa shape index (κ2) is 8.31. The third-order valence-corrected chi connectivity index (χ3v) is 5.27. The van der Waals surface area contributed by atoms with Crippen LogP contribution in [0.3, 0.4) is 0 Å². The van der Waals surface area contributed by atoms with Gasteiger partial charge in [0.1, 0.15) is 0 Å². The maximum absolute atomic E-state index is 12.5. The number of carbonyl (C=O) groups excluding carboxylic acids is 1. The summed E-state index contributed by atoms with van der Waals surface area (Å²) in [5, 5.41) is 3.00. The van der Waals surface area contributed by atoms with Crippen LogP contribution >= 0.6 is 0 Å². The van der Waals surface area contributed by atoms with Crippen LogP contribution in [0.4, 0.5) is 4.79 Å². The summed E-state index contributed by atoms with van der Waals surface area (Å²) in [6.07, 6.45) is 3.61. The van der Waals surface area contributed by atoms with Gasteiger partial charge < -0.3 is 10.2 Å². The van der Waals surface area contributed by atoms with Crippen molar-refractivity contribution < 1.29 is 13.2 Å². The van der Waals surface area contributed by atoms with Crippen molar-refractivity contribution in [3.05, 3.63) is 59.4 Å². The van der Waals surface area contributed by atoms with E-state index in [9.17, 15) is 13.2 Å². The Hall–Kier alpha value is -2.41. The summed E-state index contributed by atoms with van der Waals surface area (Å²) >= 11 is 0. The van der Waals surface area contributed by atoms with Crippen LogP contribution in [-0.2, 0) is 16.4 Å². The Labute approximate surface area is 155 Å². The van der Waals surface area contributed by atoms with Crippen molar-refractivity contribution in [2.75, 3.05) is 13.3 Å². The molecule has 2 aromatic rings. The van der Waals surface area contributed by atoms with Crippen molar-refractivity contribution in [2.24, 2.45) is 0 Å². The summed E-state index contributed by atoms with van der Waals surface area (Å²) in [4.78, 5) is 18.5. The maximum atomic E-state index is 12.5. The van der Waals surface area contributed by atoms with E-state index in [-0.39, 0.29) is 17.0 Å². The van der Waals surface area contributed by atoms with Crippen LogP contribution in [0.2, 0.25) is 0 Å². The van der Waals surface area contributed by atoms with E-state index in [0.29, 0.717) is 13.0 Å². The van der Waals surface area contributed by atoms with Gasteiger partial charge in [0.15, 0.2) is 9.84 Å². The van der Waals surface area contributed by atoms with E-state index in [0.717, 1.165) is 16.8 Å². The van der Waals surface area contributed by atoms with Crippen molar-refractivity contribution in [3.8, 4) is 0 Å². The Morgan fingerprint density at radius 3 is 2.42 bits per heavy atom. The molecule has 0 aliphatic heterocycles. The fraction of sp³-hybridized carbons (Fsp3) is 0.368. The van der Waals surface area contributed by atoms with Gasteiger partial charge in [-0.15, -0.1) is 0 Å². The first kappa shape index (κ1) is 19.9. The third-order valence-electron chi connectivity index (χ3n) is 4.14. The molecule has 1 aromatic heterocycles. The SMILES string of the molecule is CCC(NC(=O)N(C)Cc1ccnc(C)c1)c1ccc(S(C)(=O)=O)cc1. The predicted octanol–water partition coefficient (Wildman–Crippen LogP) is 3.09. The Balaban J connectivity index is 2.05. The number of nitrogens with one attached hydrogen (secondary N) is 1. The standard InChI is InChI=1S/C19H25N3O3S/c1-5-18(16-6-8-17(9-7-16)26(4,24)25)21-19(23)22(3)13-15-10-11-20-14(2)12-15/h6-12,18H,5,13H2,1-4H3,(H,21,23). The lowest BCUT2D eigenvalue weighted by atomic mass is 10.1. The zero-order valence-electron chi connectivity index (χ0n) is 15.6. The lowest BCUT2D eigenvalue weighted by Gasteiger charge is -2.23. The van der Waals surface area contributed by atoms with E-state index < -0.39 is 9.84 Å². The average Bonchev–Trinajstić information content (AvgIpc) is 2.58. The zero-order valence-corrected chi connectivity index (χ0v) is 16.4. The minimum absolute atomic E-state index is 0.182. The number of pyridine rings is 1. The molecule has 1 aromatic carbocycles. The van der Waals surface area contributed by atoms with Crippen LogP contribution in [-0.4, -0.2) is 37.6 Å². The second-order valence-electron chi connectivity index (χ2n) is 6.41. The van der Waals surface area contributed by atoms with E-state index in [1.807, 2.05) is 26.0 Å². The topological polar surface area (TPSA) is 79.4 Å². The number of urea groups is 1. The van der Waals surface area contributed by atoms with Crippen molar-refractivity contribution in [2.45, 2.75) is 37.8 Å². The van der Waals surface area contributed by atoms with Crippen LogP contribution < -0.4 is 5.32 Å². The predicted molar refractivity (Wildman–Crippen MR) is 102 cm³/mol. The first-order valence-electron chi connectivity index (χ1n) is 8.44. The molecule has 2 amide bonds. The number of carbonyl (C=O) groups is 1. The van der Waals surface area contributed by atoms with Gasteiger partial charge in [-0.1, -0.05) is 19.1 Å². The van der Waals surface area contributed by atoms with Crippen LogP contribution in [0.5, 0.6) is 0 Å². The first-order valence-corrected chi connectivity index (χ1v) is 10.3. The van der Waals surface area contributed by atoms with Crippen LogP contribution in [0.1, 0.15) is 36.2 Å². The summed E-state index contributed by atoms with van der Waals surface area (Å²) in [7, 11) is -1.49.